The van der Waals surface area contributed by atoms with Crippen molar-refractivity contribution >= 4 is 39.1 Å². The molecule has 0 spiro atoms. The van der Waals surface area contributed by atoms with E-state index >= 15 is 0 Å². The third kappa shape index (κ3) is 2.47. The fraction of sp³-hybridized carbons (Fsp3) is 0.538. The van der Waals surface area contributed by atoms with Gasteiger partial charge in [0.25, 0.3) is 0 Å². The molecule has 3 nitrogen and oxygen atoms in total. The van der Waals surface area contributed by atoms with Gasteiger partial charge >= 0.3 is 0 Å². The first kappa shape index (κ1) is 12.2. The standard InChI is InChI=1S/C13H17N3S2/c1-8-2-4-9(5-3-8)18-13-15-11(14)10-6-7-17-12(10)16-13/h6-9H,2-5H2,1H3,(H2,14,15,16). The van der Waals surface area contributed by atoms with Crippen molar-refractivity contribution in [3.8, 4) is 0 Å². The second-order valence-corrected chi connectivity index (χ2v) is 7.19. The Balaban J connectivity index is 1.78. The van der Waals surface area contributed by atoms with Gasteiger partial charge in [-0.2, -0.15) is 0 Å². The lowest BCUT2D eigenvalue weighted by molar-refractivity contribution is 0.393. The number of rotatable bonds is 2. The Hall–Kier alpha value is -0.810. The molecule has 0 saturated heterocycles. The fourth-order valence-corrected chi connectivity index (χ4v) is 4.34. The number of nitrogens with two attached hydrogens (primary N) is 1. The molecule has 0 unspecified atom stereocenters. The fourth-order valence-electron chi connectivity index (χ4n) is 2.41. The van der Waals surface area contributed by atoms with Crippen LogP contribution in [0, 0.1) is 5.92 Å². The summed E-state index contributed by atoms with van der Waals surface area (Å²) in [6.45, 7) is 2.34. The van der Waals surface area contributed by atoms with Crippen molar-refractivity contribution in [1.82, 2.24) is 9.97 Å². The molecular weight excluding hydrogens is 262 g/mol. The molecule has 2 aromatic heterocycles. The van der Waals surface area contributed by atoms with Gasteiger partial charge in [-0.05, 0) is 43.0 Å². The highest BCUT2D eigenvalue weighted by atomic mass is 32.2. The normalized spacial score (nSPS) is 24.5. The van der Waals surface area contributed by atoms with Gasteiger partial charge in [0.1, 0.15) is 10.6 Å². The van der Waals surface area contributed by atoms with Crippen LogP contribution in [0.4, 0.5) is 5.82 Å². The van der Waals surface area contributed by atoms with E-state index in [1.807, 2.05) is 11.4 Å². The predicted molar refractivity (Wildman–Crippen MR) is 79.1 cm³/mol. The Kier molecular flexibility index (Phi) is 3.43. The van der Waals surface area contributed by atoms with Crippen LogP contribution in [0.1, 0.15) is 32.6 Å². The monoisotopic (exact) mass is 279 g/mol. The van der Waals surface area contributed by atoms with Crippen LogP contribution in [0.5, 0.6) is 0 Å². The molecule has 1 aliphatic carbocycles. The third-order valence-electron chi connectivity index (χ3n) is 3.57. The van der Waals surface area contributed by atoms with Crippen molar-refractivity contribution in [1.29, 1.82) is 0 Å². The van der Waals surface area contributed by atoms with E-state index in [1.54, 1.807) is 23.1 Å². The van der Waals surface area contributed by atoms with Crippen molar-refractivity contribution in [3.63, 3.8) is 0 Å². The maximum Gasteiger partial charge on any atom is 0.191 e. The van der Waals surface area contributed by atoms with Crippen molar-refractivity contribution < 1.29 is 0 Å². The van der Waals surface area contributed by atoms with Crippen LogP contribution in [0.2, 0.25) is 0 Å². The number of thiophene rings is 1. The largest absolute Gasteiger partial charge is 0.383 e. The number of hydrogen-bond donors (Lipinski definition) is 1. The minimum absolute atomic E-state index is 0.618. The molecule has 0 atom stereocenters. The Morgan fingerprint density at radius 1 is 1.28 bits per heavy atom. The van der Waals surface area contributed by atoms with E-state index in [0.717, 1.165) is 21.3 Å². The Bertz CT molecular complexity index is 544. The molecule has 18 heavy (non-hydrogen) atoms. The van der Waals surface area contributed by atoms with E-state index in [1.165, 1.54) is 25.7 Å². The Labute approximate surface area is 115 Å². The average molecular weight is 279 g/mol. The van der Waals surface area contributed by atoms with Gasteiger partial charge in [0.05, 0.1) is 5.39 Å². The second kappa shape index (κ2) is 5.05. The van der Waals surface area contributed by atoms with E-state index in [9.17, 15) is 0 Å². The van der Waals surface area contributed by atoms with Gasteiger partial charge in [0, 0.05) is 5.25 Å². The van der Waals surface area contributed by atoms with Gasteiger partial charge in [-0.15, -0.1) is 11.3 Å². The zero-order chi connectivity index (χ0) is 12.5. The molecule has 2 heterocycles. The maximum absolute atomic E-state index is 5.97. The summed E-state index contributed by atoms with van der Waals surface area (Å²) in [5, 5.41) is 4.52. The zero-order valence-corrected chi connectivity index (χ0v) is 12.1. The van der Waals surface area contributed by atoms with Crippen LogP contribution in [0.15, 0.2) is 16.6 Å². The van der Waals surface area contributed by atoms with E-state index in [2.05, 4.69) is 16.9 Å². The third-order valence-corrected chi connectivity index (χ3v) is 5.57. The smallest absolute Gasteiger partial charge is 0.191 e. The zero-order valence-electron chi connectivity index (χ0n) is 10.4. The van der Waals surface area contributed by atoms with Gasteiger partial charge in [0.15, 0.2) is 5.16 Å². The quantitative estimate of drug-likeness (QED) is 0.846. The summed E-state index contributed by atoms with van der Waals surface area (Å²) in [5.41, 5.74) is 5.97. The number of aromatic nitrogens is 2. The molecule has 0 bridgehead atoms. The summed E-state index contributed by atoms with van der Waals surface area (Å²) >= 11 is 3.44. The predicted octanol–water partition coefficient (Wildman–Crippen LogP) is 3.94. The van der Waals surface area contributed by atoms with Crippen LogP contribution in [0.3, 0.4) is 0 Å². The summed E-state index contributed by atoms with van der Waals surface area (Å²) in [6.07, 6.45) is 5.21. The molecule has 0 amide bonds. The highest BCUT2D eigenvalue weighted by Gasteiger charge is 2.20. The van der Waals surface area contributed by atoms with Gasteiger partial charge in [-0.1, -0.05) is 18.7 Å². The Morgan fingerprint density at radius 2 is 2.06 bits per heavy atom. The highest BCUT2D eigenvalue weighted by molar-refractivity contribution is 7.99. The topological polar surface area (TPSA) is 51.8 Å². The molecule has 1 aliphatic rings. The first-order chi connectivity index (χ1) is 8.72. The van der Waals surface area contributed by atoms with Crippen LogP contribution in [-0.4, -0.2) is 15.2 Å². The number of thioether (sulfide) groups is 1. The highest BCUT2D eigenvalue weighted by Crippen LogP contribution is 2.35. The van der Waals surface area contributed by atoms with Crippen LogP contribution < -0.4 is 5.73 Å². The summed E-state index contributed by atoms with van der Waals surface area (Å²) in [7, 11) is 0. The Morgan fingerprint density at radius 3 is 2.83 bits per heavy atom. The summed E-state index contributed by atoms with van der Waals surface area (Å²) in [4.78, 5) is 10.0. The molecule has 2 aromatic rings. The molecule has 5 heteroatoms. The summed E-state index contributed by atoms with van der Waals surface area (Å²) in [6, 6.07) is 1.99. The van der Waals surface area contributed by atoms with Crippen LogP contribution in [0.25, 0.3) is 10.2 Å². The van der Waals surface area contributed by atoms with E-state index in [4.69, 9.17) is 5.73 Å². The SMILES string of the molecule is CC1CCC(Sc2nc(N)c3ccsc3n2)CC1. The first-order valence-electron chi connectivity index (χ1n) is 6.40. The number of hydrogen-bond acceptors (Lipinski definition) is 5. The first-order valence-corrected chi connectivity index (χ1v) is 8.15. The van der Waals surface area contributed by atoms with E-state index < -0.39 is 0 Å². The van der Waals surface area contributed by atoms with Crippen LogP contribution >= 0.6 is 23.1 Å². The van der Waals surface area contributed by atoms with Crippen molar-refractivity contribution in [2.24, 2.45) is 5.92 Å². The lowest BCUT2D eigenvalue weighted by Gasteiger charge is -2.24. The van der Waals surface area contributed by atoms with Crippen molar-refractivity contribution in [3.05, 3.63) is 11.4 Å². The number of nitrogen functional groups attached to an aromatic ring is 1. The minimum Gasteiger partial charge on any atom is -0.383 e. The molecule has 3 rings (SSSR count). The minimum atomic E-state index is 0.618. The lowest BCUT2D eigenvalue weighted by atomic mass is 9.91. The number of fused-ring (bicyclic) bond motifs is 1. The van der Waals surface area contributed by atoms with Gasteiger partial charge < -0.3 is 5.73 Å². The number of nitrogens with zero attached hydrogens (tertiary/aromatic N) is 2. The lowest BCUT2D eigenvalue weighted by Crippen LogP contribution is -2.14. The maximum atomic E-state index is 5.97. The molecule has 0 radical (unpaired) electrons. The molecule has 2 N–H and O–H groups in total. The molecule has 0 aromatic carbocycles. The average Bonchev–Trinajstić information content (AvgIpc) is 2.81. The van der Waals surface area contributed by atoms with Gasteiger partial charge in [-0.25, -0.2) is 9.97 Å². The molecule has 96 valence electrons. The van der Waals surface area contributed by atoms with Gasteiger partial charge in [-0.3, -0.25) is 0 Å². The van der Waals surface area contributed by atoms with Gasteiger partial charge in [0.2, 0.25) is 0 Å². The second-order valence-electron chi connectivity index (χ2n) is 5.03. The van der Waals surface area contributed by atoms with Crippen LogP contribution in [-0.2, 0) is 0 Å². The van der Waals surface area contributed by atoms with E-state index in [-0.39, 0.29) is 0 Å². The van der Waals surface area contributed by atoms with Crippen molar-refractivity contribution in [2.75, 3.05) is 5.73 Å². The molecular formula is C13H17N3S2. The number of anilines is 1. The summed E-state index contributed by atoms with van der Waals surface area (Å²) in [5.74, 6) is 1.50. The molecule has 1 saturated carbocycles. The molecule has 1 fully saturated rings. The molecule has 0 aliphatic heterocycles. The summed E-state index contributed by atoms with van der Waals surface area (Å²) < 4.78 is 0. The van der Waals surface area contributed by atoms with Crippen molar-refractivity contribution in [2.45, 2.75) is 43.0 Å². The van der Waals surface area contributed by atoms with E-state index in [0.29, 0.717) is 11.1 Å².